The van der Waals surface area contributed by atoms with Crippen LogP contribution in [-0.2, 0) is 16.1 Å². The van der Waals surface area contributed by atoms with E-state index in [0.717, 1.165) is 4.88 Å². The second-order valence-electron chi connectivity index (χ2n) is 4.24. The Hall–Kier alpha value is -1.99. The molecule has 0 saturated carbocycles. The first-order valence-corrected chi connectivity index (χ1v) is 7.46. The third-order valence-electron chi connectivity index (χ3n) is 2.60. The number of rotatable bonds is 8. The molecule has 0 aliphatic rings. The van der Waals surface area contributed by atoms with Gasteiger partial charge >= 0.3 is 5.97 Å². The van der Waals surface area contributed by atoms with E-state index in [1.165, 1.54) is 11.3 Å². The van der Waals surface area contributed by atoms with E-state index in [9.17, 15) is 4.79 Å². The van der Waals surface area contributed by atoms with E-state index in [2.05, 4.69) is 16.8 Å². The lowest BCUT2D eigenvalue weighted by Crippen LogP contribution is -2.31. The van der Waals surface area contributed by atoms with Crippen LogP contribution in [0.15, 0.2) is 34.6 Å². The van der Waals surface area contributed by atoms with Crippen LogP contribution in [-0.4, -0.2) is 40.8 Å². The SMILES string of the molecule is C=CCN(CC(=O)OCC)Cc1nnc(-c2cccs2)o1. The number of hydrogen-bond donors (Lipinski definition) is 0. The van der Waals surface area contributed by atoms with Crippen LogP contribution in [0.5, 0.6) is 0 Å². The molecule has 2 rings (SSSR count). The van der Waals surface area contributed by atoms with Crippen LogP contribution in [0.1, 0.15) is 12.8 Å². The summed E-state index contributed by atoms with van der Waals surface area (Å²) in [6.07, 6.45) is 1.72. The molecule has 0 saturated heterocycles. The number of carbonyl (C=O) groups is 1. The molecule has 0 spiro atoms. The standard InChI is InChI=1S/C14H17N3O3S/c1-3-7-17(10-13(18)19-4-2)9-12-15-16-14(20-12)11-6-5-8-21-11/h3,5-6,8H,1,4,7,9-10H2,2H3. The van der Waals surface area contributed by atoms with Crippen LogP contribution >= 0.6 is 11.3 Å². The van der Waals surface area contributed by atoms with Gasteiger partial charge in [-0.25, -0.2) is 0 Å². The molecule has 0 aromatic carbocycles. The summed E-state index contributed by atoms with van der Waals surface area (Å²) in [5.41, 5.74) is 0. The van der Waals surface area contributed by atoms with Gasteiger partial charge in [0.05, 0.1) is 24.6 Å². The van der Waals surface area contributed by atoms with E-state index in [-0.39, 0.29) is 12.5 Å². The lowest BCUT2D eigenvalue weighted by molar-refractivity contribution is -0.144. The fourth-order valence-corrected chi connectivity index (χ4v) is 2.41. The maximum Gasteiger partial charge on any atom is 0.320 e. The molecule has 0 atom stereocenters. The second kappa shape index (κ2) is 7.70. The summed E-state index contributed by atoms with van der Waals surface area (Å²) in [5, 5.41) is 9.97. The molecular formula is C14H17N3O3S. The topological polar surface area (TPSA) is 68.5 Å². The van der Waals surface area contributed by atoms with E-state index >= 15 is 0 Å². The summed E-state index contributed by atoms with van der Waals surface area (Å²) in [6.45, 7) is 6.90. The fourth-order valence-electron chi connectivity index (χ4n) is 1.77. The van der Waals surface area contributed by atoms with Crippen LogP contribution < -0.4 is 0 Å². The smallest absolute Gasteiger partial charge is 0.320 e. The Morgan fingerprint density at radius 1 is 1.57 bits per heavy atom. The molecule has 0 N–H and O–H groups in total. The zero-order valence-electron chi connectivity index (χ0n) is 11.8. The minimum Gasteiger partial charge on any atom is -0.465 e. The number of carbonyl (C=O) groups excluding carboxylic acids is 1. The van der Waals surface area contributed by atoms with Crippen molar-refractivity contribution in [2.75, 3.05) is 19.7 Å². The minimum atomic E-state index is -0.280. The first-order valence-electron chi connectivity index (χ1n) is 6.58. The van der Waals surface area contributed by atoms with E-state index < -0.39 is 0 Å². The lowest BCUT2D eigenvalue weighted by Gasteiger charge is -2.17. The fraction of sp³-hybridized carbons (Fsp3) is 0.357. The van der Waals surface area contributed by atoms with Crippen LogP contribution in [0.25, 0.3) is 10.8 Å². The van der Waals surface area contributed by atoms with Crippen molar-refractivity contribution in [2.45, 2.75) is 13.5 Å². The van der Waals surface area contributed by atoms with Gasteiger partial charge in [0, 0.05) is 6.54 Å². The quantitative estimate of drug-likeness (QED) is 0.551. The van der Waals surface area contributed by atoms with Gasteiger partial charge in [-0.3, -0.25) is 9.69 Å². The van der Waals surface area contributed by atoms with Gasteiger partial charge in [0.1, 0.15) is 0 Å². The molecule has 21 heavy (non-hydrogen) atoms. The Morgan fingerprint density at radius 2 is 2.43 bits per heavy atom. The molecule has 112 valence electrons. The molecule has 2 heterocycles. The highest BCUT2D eigenvalue weighted by Gasteiger charge is 2.15. The van der Waals surface area contributed by atoms with Crippen molar-refractivity contribution in [3.05, 3.63) is 36.1 Å². The van der Waals surface area contributed by atoms with Gasteiger partial charge in [0.15, 0.2) is 0 Å². The number of nitrogens with zero attached hydrogens (tertiary/aromatic N) is 3. The van der Waals surface area contributed by atoms with E-state index in [1.807, 2.05) is 22.4 Å². The molecule has 0 unspecified atom stereocenters. The highest BCUT2D eigenvalue weighted by Crippen LogP contribution is 2.23. The Kier molecular flexibility index (Phi) is 5.65. The van der Waals surface area contributed by atoms with Crippen molar-refractivity contribution in [1.82, 2.24) is 15.1 Å². The van der Waals surface area contributed by atoms with Crippen molar-refractivity contribution in [3.8, 4) is 10.8 Å². The molecule has 0 bridgehead atoms. The summed E-state index contributed by atoms with van der Waals surface area (Å²) in [7, 11) is 0. The molecular weight excluding hydrogens is 290 g/mol. The number of aromatic nitrogens is 2. The predicted octanol–water partition coefficient (Wildman–Crippen LogP) is 2.35. The first-order chi connectivity index (χ1) is 10.2. The Balaban J connectivity index is 1.99. The molecule has 0 radical (unpaired) electrons. The van der Waals surface area contributed by atoms with Crippen LogP contribution in [0.2, 0.25) is 0 Å². The zero-order valence-corrected chi connectivity index (χ0v) is 12.6. The number of thiophene rings is 1. The van der Waals surface area contributed by atoms with Gasteiger partial charge in [-0.1, -0.05) is 12.1 Å². The molecule has 0 fully saturated rings. The van der Waals surface area contributed by atoms with Gasteiger partial charge in [-0.05, 0) is 18.4 Å². The summed E-state index contributed by atoms with van der Waals surface area (Å²) < 4.78 is 10.5. The maximum absolute atomic E-state index is 11.5. The van der Waals surface area contributed by atoms with E-state index in [4.69, 9.17) is 9.15 Å². The number of hydrogen-bond acceptors (Lipinski definition) is 7. The number of ether oxygens (including phenoxy) is 1. The zero-order chi connectivity index (χ0) is 15.1. The van der Waals surface area contributed by atoms with Crippen molar-refractivity contribution in [3.63, 3.8) is 0 Å². The molecule has 2 aromatic heterocycles. The Labute approximate surface area is 127 Å². The molecule has 2 aromatic rings. The van der Waals surface area contributed by atoms with Crippen LogP contribution in [0, 0.1) is 0 Å². The largest absolute Gasteiger partial charge is 0.465 e. The Morgan fingerprint density at radius 3 is 3.10 bits per heavy atom. The van der Waals surface area contributed by atoms with E-state index in [1.54, 1.807) is 13.0 Å². The maximum atomic E-state index is 11.5. The average Bonchev–Trinajstić information content (AvgIpc) is 3.09. The van der Waals surface area contributed by atoms with Crippen molar-refractivity contribution < 1.29 is 13.9 Å². The monoisotopic (exact) mass is 307 g/mol. The van der Waals surface area contributed by atoms with Gasteiger partial charge in [0.25, 0.3) is 5.89 Å². The van der Waals surface area contributed by atoms with Crippen molar-refractivity contribution in [1.29, 1.82) is 0 Å². The van der Waals surface area contributed by atoms with Gasteiger partial charge < -0.3 is 9.15 Å². The molecule has 0 aliphatic heterocycles. The molecule has 6 nitrogen and oxygen atoms in total. The minimum absolute atomic E-state index is 0.163. The summed E-state index contributed by atoms with van der Waals surface area (Å²) >= 11 is 1.54. The van der Waals surface area contributed by atoms with Crippen molar-refractivity contribution in [2.24, 2.45) is 0 Å². The molecule has 0 amide bonds. The highest BCUT2D eigenvalue weighted by molar-refractivity contribution is 7.13. The normalized spacial score (nSPS) is 10.8. The van der Waals surface area contributed by atoms with Crippen molar-refractivity contribution >= 4 is 17.3 Å². The van der Waals surface area contributed by atoms with Gasteiger partial charge in [-0.15, -0.1) is 28.1 Å². The molecule has 7 heteroatoms. The lowest BCUT2D eigenvalue weighted by atomic mass is 10.4. The first kappa shape index (κ1) is 15.4. The van der Waals surface area contributed by atoms with Gasteiger partial charge in [0.2, 0.25) is 5.89 Å². The van der Waals surface area contributed by atoms with E-state index in [0.29, 0.717) is 31.5 Å². The summed E-state index contributed by atoms with van der Waals surface area (Å²) in [5.74, 6) is 0.677. The predicted molar refractivity (Wildman–Crippen MR) is 79.7 cm³/mol. The third-order valence-corrected chi connectivity index (χ3v) is 3.46. The van der Waals surface area contributed by atoms with Crippen LogP contribution in [0.4, 0.5) is 0 Å². The average molecular weight is 307 g/mol. The number of esters is 1. The third kappa shape index (κ3) is 4.51. The van der Waals surface area contributed by atoms with Crippen LogP contribution in [0.3, 0.4) is 0 Å². The Bertz CT molecular complexity index is 580. The van der Waals surface area contributed by atoms with Gasteiger partial charge in [-0.2, -0.15) is 0 Å². The summed E-state index contributed by atoms with van der Waals surface area (Å²) in [4.78, 5) is 14.3. The highest BCUT2D eigenvalue weighted by atomic mass is 32.1. The second-order valence-corrected chi connectivity index (χ2v) is 5.19. The molecule has 0 aliphatic carbocycles. The summed E-state index contributed by atoms with van der Waals surface area (Å²) in [6, 6.07) is 3.84.